The topological polar surface area (TPSA) is 59.1 Å². The Kier molecular flexibility index (Phi) is 3.78. The molecule has 4 nitrogen and oxygen atoms in total. The minimum atomic E-state index is -3.13. The van der Waals surface area contributed by atoms with E-state index in [4.69, 9.17) is 0 Å². The van der Waals surface area contributed by atoms with Crippen molar-refractivity contribution in [3.05, 3.63) is 59.9 Å². The summed E-state index contributed by atoms with van der Waals surface area (Å²) in [6.07, 6.45) is 4.15. The lowest BCUT2D eigenvalue weighted by Crippen LogP contribution is -2.31. The smallest absolute Gasteiger partial charge is 0.178 e. The van der Waals surface area contributed by atoms with Crippen LogP contribution in [0.4, 0.5) is 0 Å². The Morgan fingerprint density at radius 3 is 2.67 bits per heavy atom. The number of hydrogen-bond donors (Lipinski definition) is 1. The van der Waals surface area contributed by atoms with Crippen molar-refractivity contribution in [2.24, 2.45) is 0 Å². The SMILES string of the molecule is C[C@@H](NC1CCS(=O)(=O)c2ccccc21)c1ccncc1. The summed E-state index contributed by atoms with van der Waals surface area (Å²) in [5, 5.41) is 3.54. The van der Waals surface area contributed by atoms with E-state index in [1.54, 1.807) is 24.5 Å². The lowest BCUT2D eigenvalue weighted by molar-refractivity contribution is 0.441. The summed E-state index contributed by atoms with van der Waals surface area (Å²) in [5.74, 6) is 0.199. The van der Waals surface area contributed by atoms with E-state index >= 15 is 0 Å². The van der Waals surface area contributed by atoms with Crippen LogP contribution in [-0.2, 0) is 9.84 Å². The van der Waals surface area contributed by atoms with Crippen LogP contribution in [0.5, 0.6) is 0 Å². The van der Waals surface area contributed by atoms with Gasteiger partial charge in [0.05, 0.1) is 10.6 Å². The van der Waals surface area contributed by atoms with E-state index in [1.165, 1.54) is 0 Å². The van der Waals surface area contributed by atoms with Crippen molar-refractivity contribution < 1.29 is 8.42 Å². The van der Waals surface area contributed by atoms with Crippen molar-refractivity contribution in [1.82, 2.24) is 10.3 Å². The minimum Gasteiger partial charge on any atom is -0.303 e. The molecule has 2 heterocycles. The van der Waals surface area contributed by atoms with Gasteiger partial charge in [0.2, 0.25) is 0 Å². The highest BCUT2D eigenvalue weighted by Crippen LogP contribution is 2.33. The molecule has 2 aromatic rings. The first-order chi connectivity index (χ1) is 10.1. The average Bonchev–Trinajstić information content (AvgIpc) is 2.51. The minimum absolute atomic E-state index is 0.0629. The molecule has 0 saturated heterocycles. The molecule has 0 aliphatic carbocycles. The molecule has 1 N–H and O–H groups in total. The number of sulfone groups is 1. The van der Waals surface area contributed by atoms with Crippen LogP contribution < -0.4 is 5.32 Å². The van der Waals surface area contributed by atoms with Crippen LogP contribution in [0.15, 0.2) is 53.7 Å². The molecule has 0 saturated carbocycles. The maximum atomic E-state index is 12.1. The second-order valence-corrected chi connectivity index (χ2v) is 7.44. The van der Waals surface area contributed by atoms with Gasteiger partial charge >= 0.3 is 0 Å². The first kappa shape index (κ1) is 14.2. The molecule has 21 heavy (non-hydrogen) atoms. The Labute approximate surface area is 125 Å². The number of nitrogens with zero attached hydrogens (tertiary/aromatic N) is 1. The van der Waals surface area contributed by atoms with Gasteiger partial charge in [0.1, 0.15) is 0 Å². The predicted octanol–water partition coefficient (Wildman–Crippen LogP) is 2.65. The molecule has 2 atom stereocenters. The largest absolute Gasteiger partial charge is 0.303 e. The molecule has 3 rings (SSSR count). The molecule has 0 amide bonds. The van der Waals surface area contributed by atoms with Crippen molar-refractivity contribution in [2.45, 2.75) is 30.3 Å². The van der Waals surface area contributed by atoms with Gasteiger partial charge < -0.3 is 5.32 Å². The number of aromatic nitrogens is 1. The molecule has 1 aliphatic rings. The quantitative estimate of drug-likeness (QED) is 0.947. The molecule has 0 fully saturated rings. The Balaban J connectivity index is 1.88. The van der Waals surface area contributed by atoms with Crippen LogP contribution >= 0.6 is 0 Å². The van der Waals surface area contributed by atoms with Gasteiger partial charge in [0, 0.05) is 24.5 Å². The summed E-state index contributed by atoms with van der Waals surface area (Å²) < 4.78 is 24.3. The fraction of sp³-hybridized carbons (Fsp3) is 0.312. The van der Waals surface area contributed by atoms with Crippen molar-refractivity contribution in [2.75, 3.05) is 5.75 Å². The third-order valence-electron chi connectivity index (χ3n) is 3.96. The maximum Gasteiger partial charge on any atom is 0.178 e. The van der Waals surface area contributed by atoms with Crippen molar-refractivity contribution >= 4 is 9.84 Å². The van der Waals surface area contributed by atoms with E-state index in [2.05, 4.69) is 17.2 Å². The van der Waals surface area contributed by atoms with Crippen molar-refractivity contribution in [3.63, 3.8) is 0 Å². The molecule has 1 aromatic heterocycles. The number of pyridine rings is 1. The van der Waals surface area contributed by atoms with Gasteiger partial charge in [0.15, 0.2) is 9.84 Å². The summed E-state index contributed by atoms with van der Waals surface area (Å²) in [5.41, 5.74) is 2.03. The zero-order chi connectivity index (χ0) is 14.9. The standard InChI is InChI=1S/C16H18N2O2S/c1-12(13-6-9-17-10-7-13)18-15-8-11-21(19,20)16-5-3-2-4-14(15)16/h2-7,9-10,12,15,18H,8,11H2,1H3/t12-,15?/m1/s1. The van der Waals surface area contributed by atoms with Crippen LogP contribution in [0, 0.1) is 0 Å². The van der Waals surface area contributed by atoms with Gasteiger partial charge in [-0.1, -0.05) is 18.2 Å². The number of benzene rings is 1. The second kappa shape index (κ2) is 5.58. The molecule has 1 unspecified atom stereocenters. The number of fused-ring (bicyclic) bond motifs is 1. The molecular formula is C16H18N2O2S. The van der Waals surface area contributed by atoms with Crippen LogP contribution in [-0.4, -0.2) is 19.2 Å². The van der Waals surface area contributed by atoms with Gasteiger partial charge in [-0.05, 0) is 42.7 Å². The highest BCUT2D eigenvalue weighted by Gasteiger charge is 2.30. The molecule has 1 aromatic carbocycles. The summed E-state index contributed by atoms with van der Waals surface area (Å²) in [6, 6.07) is 11.4. The summed E-state index contributed by atoms with van der Waals surface area (Å²) in [4.78, 5) is 4.49. The van der Waals surface area contributed by atoms with Crippen LogP contribution in [0.1, 0.15) is 36.6 Å². The lowest BCUT2D eigenvalue weighted by Gasteiger charge is -2.29. The van der Waals surface area contributed by atoms with Crippen LogP contribution in [0.3, 0.4) is 0 Å². The van der Waals surface area contributed by atoms with Crippen LogP contribution in [0.25, 0.3) is 0 Å². The van der Waals surface area contributed by atoms with Gasteiger partial charge in [-0.25, -0.2) is 8.42 Å². The Hall–Kier alpha value is -1.72. The van der Waals surface area contributed by atoms with E-state index in [0.717, 1.165) is 11.1 Å². The van der Waals surface area contributed by atoms with Crippen molar-refractivity contribution in [1.29, 1.82) is 0 Å². The molecule has 5 heteroatoms. The number of hydrogen-bond acceptors (Lipinski definition) is 4. The predicted molar refractivity (Wildman–Crippen MR) is 81.6 cm³/mol. The Morgan fingerprint density at radius 2 is 1.90 bits per heavy atom. The highest BCUT2D eigenvalue weighted by atomic mass is 32.2. The lowest BCUT2D eigenvalue weighted by atomic mass is 10.0. The molecule has 0 spiro atoms. The zero-order valence-corrected chi connectivity index (χ0v) is 12.7. The average molecular weight is 302 g/mol. The van der Waals surface area contributed by atoms with Gasteiger partial charge in [0.25, 0.3) is 0 Å². The third kappa shape index (κ3) is 2.84. The van der Waals surface area contributed by atoms with E-state index in [1.807, 2.05) is 24.3 Å². The molecular weight excluding hydrogens is 284 g/mol. The van der Waals surface area contributed by atoms with Gasteiger partial charge in [-0.2, -0.15) is 0 Å². The molecule has 110 valence electrons. The first-order valence-corrected chi connectivity index (χ1v) is 8.71. The fourth-order valence-electron chi connectivity index (χ4n) is 2.81. The van der Waals surface area contributed by atoms with E-state index < -0.39 is 9.84 Å². The monoisotopic (exact) mass is 302 g/mol. The van der Waals surface area contributed by atoms with Crippen molar-refractivity contribution in [3.8, 4) is 0 Å². The first-order valence-electron chi connectivity index (χ1n) is 7.05. The van der Waals surface area contributed by atoms with E-state index in [9.17, 15) is 8.42 Å². The van der Waals surface area contributed by atoms with Crippen LogP contribution in [0.2, 0.25) is 0 Å². The zero-order valence-electron chi connectivity index (χ0n) is 11.9. The van der Waals surface area contributed by atoms with E-state index in [-0.39, 0.29) is 17.8 Å². The maximum absolute atomic E-state index is 12.1. The summed E-state index contributed by atoms with van der Waals surface area (Å²) in [7, 11) is -3.13. The normalized spacial score (nSPS) is 21.5. The second-order valence-electron chi connectivity index (χ2n) is 5.37. The summed E-state index contributed by atoms with van der Waals surface area (Å²) in [6.45, 7) is 2.08. The molecule has 0 radical (unpaired) electrons. The third-order valence-corrected chi connectivity index (χ3v) is 5.78. The highest BCUT2D eigenvalue weighted by molar-refractivity contribution is 7.91. The molecule has 1 aliphatic heterocycles. The molecule has 0 bridgehead atoms. The Morgan fingerprint density at radius 1 is 1.19 bits per heavy atom. The number of nitrogens with one attached hydrogen (secondary N) is 1. The van der Waals surface area contributed by atoms with Gasteiger partial charge in [-0.15, -0.1) is 0 Å². The number of rotatable bonds is 3. The summed E-state index contributed by atoms with van der Waals surface area (Å²) >= 11 is 0. The van der Waals surface area contributed by atoms with Gasteiger partial charge in [-0.3, -0.25) is 4.98 Å². The Bertz CT molecular complexity index is 729. The fourth-order valence-corrected chi connectivity index (χ4v) is 4.43. The van der Waals surface area contributed by atoms with E-state index in [0.29, 0.717) is 11.3 Å².